The third kappa shape index (κ3) is 4.32. The minimum absolute atomic E-state index is 0.0343. The van der Waals surface area contributed by atoms with Crippen molar-refractivity contribution in [2.24, 2.45) is 0 Å². The summed E-state index contributed by atoms with van der Waals surface area (Å²) in [6, 6.07) is 15.1. The van der Waals surface area contributed by atoms with E-state index >= 15 is 0 Å². The summed E-state index contributed by atoms with van der Waals surface area (Å²) < 4.78 is 27.4. The topological polar surface area (TPSA) is 109 Å². The molecule has 0 bridgehead atoms. The largest absolute Gasteiger partial charge is 0.328 e. The van der Waals surface area contributed by atoms with Gasteiger partial charge in [-0.05, 0) is 47.9 Å². The van der Waals surface area contributed by atoms with Crippen LogP contribution in [0.25, 0.3) is 11.0 Å². The van der Waals surface area contributed by atoms with Crippen LogP contribution < -0.4 is 14.9 Å². The van der Waals surface area contributed by atoms with E-state index in [0.717, 1.165) is 33.5 Å². The van der Waals surface area contributed by atoms with Crippen LogP contribution in [-0.2, 0) is 27.8 Å². The molecule has 0 saturated carbocycles. The van der Waals surface area contributed by atoms with Crippen molar-refractivity contribution in [2.45, 2.75) is 19.4 Å². The van der Waals surface area contributed by atoms with Gasteiger partial charge in [-0.1, -0.05) is 18.2 Å². The highest BCUT2D eigenvalue weighted by Gasteiger charge is 2.17. The molecule has 0 radical (unpaired) electrons. The first-order valence-electron chi connectivity index (χ1n) is 10.8. The van der Waals surface area contributed by atoms with Crippen molar-refractivity contribution in [2.75, 3.05) is 28.2 Å². The number of benzene rings is 2. The summed E-state index contributed by atoms with van der Waals surface area (Å²) in [7, 11) is -1.83. The van der Waals surface area contributed by atoms with Crippen molar-refractivity contribution in [1.82, 2.24) is 14.5 Å². The summed E-state index contributed by atoms with van der Waals surface area (Å²) in [5.41, 5.74) is 4.97. The number of aryl methyl sites for hydroxylation is 1. The van der Waals surface area contributed by atoms with Crippen LogP contribution >= 0.6 is 0 Å². The molecular weight excluding hydrogens is 452 g/mol. The van der Waals surface area contributed by atoms with Crippen LogP contribution in [0.4, 0.5) is 23.0 Å². The fourth-order valence-electron chi connectivity index (χ4n) is 4.06. The Hall–Kier alpha value is -3.92. The van der Waals surface area contributed by atoms with E-state index in [0.29, 0.717) is 31.0 Å². The molecule has 3 heterocycles. The van der Waals surface area contributed by atoms with Crippen LogP contribution in [0, 0.1) is 0 Å². The summed E-state index contributed by atoms with van der Waals surface area (Å²) >= 11 is 0. The van der Waals surface area contributed by atoms with Crippen LogP contribution in [0.1, 0.15) is 17.5 Å². The number of para-hydroxylation sites is 1. The Morgan fingerprint density at radius 1 is 1.15 bits per heavy atom. The van der Waals surface area contributed by atoms with Crippen molar-refractivity contribution in [3.05, 3.63) is 72.1 Å². The predicted molar refractivity (Wildman–Crippen MR) is 133 cm³/mol. The van der Waals surface area contributed by atoms with Gasteiger partial charge in [0.25, 0.3) is 0 Å². The summed E-state index contributed by atoms with van der Waals surface area (Å²) in [6.45, 7) is 0.453. The van der Waals surface area contributed by atoms with E-state index in [1.807, 2.05) is 53.2 Å². The van der Waals surface area contributed by atoms with Crippen LogP contribution in [0.2, 0.25) is 0 Å². The Bertz CT molecular complexity index is 1510. The second-order valence-electron chi connectivity index (χ2n) is 8.32. The lowest BCUT2D eigenvalue weighted by Gasteiger charge is -2.20. The molecule has 5 rings (SSSR count). The molecule has 0 atom stereocenters. The fraction of sp³-hybridized carbons (Fsp3) is 0.208. The average Bonchev–Trinajstić information content (AvgIpc) is 3.20. The molecule has 1 aliphatic heterocycles. The Labute approximate surface area is 197 Å². The third-order valence-electron chi connectivity index (χ3n) is 5.93. The van der Waals surface area contributed by atoms with Crippen molar-refractivity contribution < 1.29 is 13.2 Å². The summed E-state index contributed by atoms with van der Waals surface area (Å²) in [5, 5.41) is 7.02. The van der Waals surface area contributed by atoms with Crippen LogP contribution in [0.3, 0.4) is 0 Å². The Balaban J connectivity index is 1.43. The van der Waals surface area contributed by atoms with Crippen LogP contribution in [0.5, 0.6) is 0 Å². The smallest absolute Gasteiger partial charge is 0.232 e. The van der Waals surface area contributed by atoms with Gasteiger partial charge in [0.2, 0.25) is 21.9 Å². The third-order valence-corrected chi connectivity index (χ3v) is 7.12. The van der Waals surface area contributed by atoms with Crippen molar-refractivity contribution >= 4 is 50.0 Å². The molecule has 34 heavy (non-hydrogen) atoms. The molecule has 1 aliphatic rings. The number of hydrogen-bond acceptors (Lipinski definition) is 6. The number of anilines is 4. The maximum absolute atomic E-state index is 12.1. The second kappa shape index (κ2) is 8.45. The number of fused-ring (bicyclic) bond motifs is 2. The molecule has 2 N–H and O–H groups in total. The molecule has 9 nitrogen and oxygen atoms in total. The summed E-state index contributed by atoms with van der Waals surface area (Å²) in [6.07, 6.45) is 6.04. The van der Waals surface area contributed by atoms with Gasteiger partial charge in [0.1, 0.15) is 5.65 Å². The molecule has 0 fully saturated rings. The molecule has 4 aromatic rings. The maximum atomic E-state index is 12.1. The molecule has 10 heteroatoms. The molecule has 0 unspecified atom stereocenters. The molecule has 2 aromatic carbocycles. The summed E-state index contributed by atoms with van der Waals surface area (Å²) in [4.78, 5) is 20.7. The van der Waals surface area contributed by atoms with Gasteiger partial charge >= 0.3 is 0 Å². The predicted octanol–water partition coefficient (Wildman–Crippen LogP) is 3.50. The Morgan fingerprint density at radius 3 is 2.79 bits per heavy atom. The lowest BCUT2D eigenvalue weighted by atomic mass is 10.0. The first kappa shape index (κ1) is 21.9. The number of carbonyl (C=O) groups is 1. The first-order chi connectivity index (χ1) is 16.3. The van der Waals surface area contributed by atoms with E-state index < -0.39 is 10.0 Å². The standard InChI is InChI=1S/C24H24N6O3S/c1-29(34(2,32)33)21-6-4-3-5-18(21)15-30-12-11-17-14-25-24(28-23(17)30)26-19-8-9-20-16(13-19)7-10-22(31)27-20/h3-6,8-9,11-14H,7,10,15H2,1-2H3,(H,27,31)(H,25,26,28). The van der Waals surface area contributed by atoms with Crippen molar-refractivity contribution in [1.29, 1.82) is 0 Å². The van der Waals surface area contributed by atoms with Crippen LogP contribution in [0.15, 0.2) is 60.9 Å². The molecule has 0 aliphatic carbocycles. The minimum atomic E-state index is -3.39. The Morgan fingerprint density at radius 2 is 1.97 bits per heavy atom. The number of nitrogens with one attached hydrogen (secondary N) is 2. The zero-order chi connectivity index (χ0) is 23.9. The van der Waals surface area contributed by atoms with E-state index in [2.05, 4.69) is 15.6 Å². The zero-order valence-electron chi connectivity index (χ0n) is 18.8. The SMILES string of the molecule is CN(c1ccccc1Cn1ccc2cnc(Nc3ccc4c(c3)CCC(=O)N4)nc21)S(C)(=O)=O. The van der Waals surface area contributed by atoms with Gasteiger partial charge in [0, 0.05) is 42.6 Å². The molecule has 0 spiro atoms. The van der Waals surface area contributed by atoms with E-state index in [1.165, 1.54) is 10.6 Å². The van der Waals surface area contributed by atoms with Gasteiger partial charge in [0.15, 0.2) is 0 Å². The highest BCUT2D eigenvalue weighted by atomic mass is 32.2. The maximum Gasteiger partial charge on any atom is 0.232 e. The van der Waals surface area contributed by atoms with Gasteiger partial charge in [-0.2, -0.15) is 4.98 Å². The normalized spacial score (nSPS) is 13.4. The number of carbonyl (C=O) groups excluding carboxylic acids is 1. The number of rotatable bonds is 6. The van der Waals surface area contributed by atoms with E-state index in [9.17, 15) is 13.2 Å². The number of nitrogens with zero attached hydrogens (tertiary/aromatic N) is 4. The van der Waals surface area contributed by atoms with E-state index in [4.69, 9.17) is 4.98 Å². The number of aromatic nitrogens is 3. The lowest BCUT2D eigenvalue weighted by molar-refractivity contribution is -0.116. The highest BCUT2D eigenvalue weighted by Crippen LogP contribution is 2.28. The average molecular weight is 477 g/mol. The highest BCUT2D eigenvalue weighted by molar-refractivity contribution is 7.92. The molecule has 1 amide bonds. The number of amides is 1. The van der Waals surface area contributed by atoms with Gasteiger partial charge in [-0.25, -0.2) is 13.4 Å². The second-order valence-corrected chi connectivity index (χ2v) is 10.3. The first-order valence-corrected chi connectivity index (χ1v) is 12.7. The van der Waals surface area contributed by atoms with Gasteiger partial charge in [0.05, 0.1) is 18.5 Å². The molecule has 174 valence electrons. The minimum Gasteiger partial charge on any atom is -0.328 e. The Kier molecular flexibility index (Phi) is 5.45. The molecule has 2 aromatic heterocycles. The van der Waals surface area contributed by atoms with Gasteiger partial charge in [-0.15, -0.1) is 0 Å². The fourth-order valence-corrected chi connectivity index (χ4v) is 4.60. The van der Waals surface area contributed by atoms with E-state index in [1.54, 1.807) is 19.3 Å². The number of hydrogen-bond donors (Lipinski definition) is 2. The summed E-state index contributed by atoms with van der Waals surface area (Å²) in [5.74, 6) is 0.487. The monoisotopic (exact) mass is 476 g/mol. The van der Waals surface area contributed by atoms with Gasteiger partial charge in [-0.3, -0.25) is 9.10 Å². The van der Waals surface area contributed by atoms with Crippen molar-refractivity contribution in [3.63, 3.8) is 0 Å². The number of sulfonamides is 1. The van der Waals surface area contributed by atoms with Crippen molar-refractivity contribution in [3.8, 4) is 0 Å². The van der Waals surface area contributed by atoms with Gasteiger partial charge < -0.3 is 15.2 Å². The quantitative estimate of drug-likeness (QED) is 0.441. The van der Waals surface area contributed by atoms with Crippen LogP contribution in [-0.4, -0.2) is 42.2 Å². The zero-order valence-corrected chi connectivity index (χ0v) is 19.6. The lowest BCUT2D eigenvalue weighted by Crippen LogP contribution is -2.26. The molecular formula is C24H24N6O3S. The van der Waals surface area contributed by atoms with E-state index in [-0.39, 0.29) is 5.91 Å². The molecule has 0 saturated heterocycles.